The first-order valence-corrected chi connectivity index (χ1v) is 11.9. The maximum absolute atomic E-state index is 4.01. The molecule has 0 heterocycles. The van der Waals surface area contributed by atoms with E-state index in [0.717, 1.165) is 13.1 Å². The van der Waals surface area contributed by atoms with Crippen molar-refractivity contribution in [2.75, 3.05) is 13.1 Å². The van der Waals surface area contributed by atoms with Crippen LogP contribution in [0.4, 0.5) is 0 Å². The van der Waals surface area contributed by atoms with Gasteiger partial charge in [0.15, 0.2) is 0 Å². The van der Waals surface area contributed by atoms with E-state index in [1.807, 2.05) is 0 Å². The highest BCUT2D eigenvalue weighted by Crippen LogP contribution is 2.03. The van der Waals surface area contributed by atoms with Crippen molar-refractivity contribution in [3.63, 3.8) is 0 Å². The molecule has 2 aromatic carbocycles. The van der Waals surface area contributed by atoms with Gasteiger partial charge in [-0.15, -0.1) is 0 Å². The van der Waals surface area contributed by atoms with Gasteiger partial charge < -0.3 is 9.96 Å². The molecule has 0 amide bonds. The molecule has 2 nitrogen and oxygen atoms in total. The van der Waals surface area contributed by atoms with E-state index < -0.39 is 8.40 Å². The zero-order valence-electron chi connectivity index (χ0n) is 15.9. The monoisotopic (exact) mass is 354 g/mol. The number of benzene rings is 2. The Morgan fingerprint density at radius 3 is 1.36 bits per heavy atom. The summed E-state index contributed by atoms with van der Waals surface area (Å²) in [7, 11) is -2.15. The van der Waals surface area contributed by atoms with Crippen molar-refractivity contribution in [1.82, 2.24) is 9.96 Å². The Hall–Kier alpha value is -1.42. The van der Waals surface area contributed by atoms with Crippen LogP contribution < -0.4 is 20.3 Å². The van der Waals surface area contributed by atoms with Crippen LogP contribution in [0.1, 0.15) is 52.4 Å². The Labute approximate surface area is 155 Å². The number of rotatable bonds is 12. The highest BCUT2D eigenvalue weighted by Gasteiger charge is 2.37. The summed E-state index contributed by atoms with van der Waals surface area (Å²) in [5, 5.41) is 2.85. The van der Waals surface area contributed by atoms with Crippen molar-refractivity contribution in [2.24, 2.45) is 0 Å². The van der Waals surface area contributed by atoms with Gasteiger partial charge in [0.2, 0.25) is 0 Å². The summed E-state index contributed by atoms with van der Waals surface area (Å²) in [6, 6.07) is 22.1. The van der Waals surface area contributed by atoms with Gasteiger partial charge in [0.25, 0.3) is 8.40 Å². The molecule has 0 saturated carbocycles. The van der Waals surface area contributed by atoms with E-state index in [4.69, 9.17) is 0 Å². The van der Waals surface area contributed by atoms with Crippen molar-refractivity contribution in [1.29, 1.82) is 0 Å². The molecule has 0 aliphatic heterocycles. The third-order valence-electron chi connectivity index (χ3n) is 4.75. The largest absolute Gasteiger partial charge is 0.318 e. The molecule has 0 aromatic heterocycles. The highest BCUT2D eigenvalue weighted by molar-refractivity contribution is 6.98. The third-order valence-corrected chi connectivity index (χ3v) is 8.71. The summed E-state index contributed by atoms with van der Waals surface area (Å²) >= 11 is 0. The number of hydrogen-bond acceptors (Lipinski definition) is 2. The van der Waals surface area contributed by atoms with Crippen LogP contribution in [0.5, 0.6) is 0 Å². The SMILES string of the molecule is CCCCCN[Si](NCCCCC)(c1ccccc1)c1ccccc1. The molecule has 2 aromatic rings. The Kier molecular flexibility index (Phi) is 8.95. The summed E-state index contributed by atoms with van der Waals surface area (Å²) < 4.78 is 0. The Morgan fingerprint density at radius 2 is 1.00 bits per heavy atom. The van der Waals surface area contributed by atoms with Gasteiger partial charge in [0.05, 0.1) is 0 Å². The van der Waals surface area contributed by atoms with Gasteiger partial charge in [-0.3, -0.25) is 0 Å². The lowest BCUT2D eigenvalue weighted by Gasteiger charge is -2.34. The van der Waals surface area contributed by atoms with Gasteiger partial charge in [-0.05, 0) is 36.3 Å². The van der Waals surface area contributed by atoms with E-state index in [9.17, 15) is 0 Å². The van der Waals surface area contributed by atoms with E-state index in [0.29, 0.717) is 0 Å². The van der Waals surface area contributed by atoms with Gasteiger partial charge in [-0.25, -0.2) is 0 Å². The Bertz CT molecular complexity index is 518. The first kappa shape index (κ1) is 19.9. The molecule has 0 saturated heterocycles. The molecule has 0 fully saturated rings. The molecule has 136 valence electrons. The van der Waals surface area contributed by atoms with Crippen LogP contribution in [-0.4, -0.2) is 21.5 Å². The normalized spacial score (nSPS) is 11.6. The lowest BCUT2D eigenvalue weighted by atomic mass is 10.3. The zero-order chi connectivity index (χ0) is 17.8. The molecule has 0 aliphatic rings. The minimum Gasteiger partial charge on any atom is -0.318 e. The Balaban J connectivity index is 2.30. The van der Waals surface area contributed by atoms with Gasteiger partial charge in [0.1, 0.15) is 0 Å². The van der Waals surface area contributed by atoms with Gasteiger partial charge >= 0.3 is 0 Å². The fourth-order valence-corrected chi connectivity index (χ4v) is 7.08. The van der Waals surface area contributed by atoms with Crippen molar-refractivity contribution in [3.05, 3.63) is 60.7 Å². The predicted molar refractivity (Wildman–Crippen MR) is 113 cm³/mol. The molecular formula is C22H34N2Si. The maximum Gasteiger partial charge on any atom is 0.267 e. The van der Waals surface area contributed by atoms with Crippen molar-refractivity contribution >= 4 is 18.8 Å². The summed E-state index contributed by atoms with van der Waals surface area (Å²) in [6.07, 6.45) is 7.57. The van der Waals surface area contributed by atoms with Crippen LogP contribution >= 0.6 is 0 Å². The van der Waals surface area contributed by atoms with Crippen LogP contribution in [0, 0.1) is 0 Å². The van der Waals surface area contributed by atoms with Crippen molar-refractivity contribution < 1.29 is 0 Å². The summed E-state index contributed by atoms with van der Waals surface area (Å²) in [5.74, 6) is 0. The quantitative estimate of drug-likeness (QED) is 0.447. The topological polar surface area (TPSA) is 24.1 Å². The van der Waals surface area contributed by atoms with E-state index in [1.165, 1.54) is 48.9 Å². The maximum atomic E-state index is 4.01. The number of unbranched alkanes of at least 4 members (excludes halogenated alkanes) is 4. The van der Waals surface area contributed by atoms with Crippen molar-refractivity contribution in [3.8, 4) is 0 Å². The molecule has 0 atom stereocenters. The van der Waals surface area contributed by atoms with Crippen LogP contribution in [0.2, 0.25) is 0 Å². The summed E-state index contributed by atoms with van der Waals surface area (Å²) in [6.45, 7) is 6.68. The van der Waals surface area contributed by atoms with Crippen LogP contribution in [0.25, 0.3) is 0 Å². The molecule has 0 unspecified atom stereocenters. The molecular weight excluding hydrogens is 320 g/mol. The lowest BCUT2D eigenvalue weighted by molar-refractivity contribution is 0.671. The molecule has 2 N–H and O–H groups in total. The summed E-state index contributed by atoms with van der Waals surface area (Å²) in [5.41, 5.74) is 0. The zero-order valence-corrected chi connectivity index (χ0v) is 16.9. The van der Waals surface area contributed by atoms with Crippen LogP contribution in [-0.2, 0) is 0 Å². The minimum absolute atomic E-state index is 1.07. The first-order chi connectivity index (χ1) is 12.3. The second-order valence-electron chi connectivity index (χ2n) is 6.75. The molecule has 2 rings (SSSR count). The van der Waals surface area contributed by atoms with Gasteiger partial charge in [0, 0.05) is 0 Å². The van der Waals surface area contributed by atoms with Gasteiger partial charge in [-0.2, -0.15) is 0 Å². The number of nitrogens with one attached hydrogen (secondary N) is 2. The van der Waals surface area contributed by atoms with Gasteiger partial charge in [-0.1, -0.05) is 100 Å². The molecule has 0 aliphatic carbocycles. The molecule has 3 heteroatoms. The predicted octanol–water partition coefficient (Wildman–Crippen LogP) is 3.80. The fraction of sp³-hybridized carbons (Fsp3) is 0.455. The third kappa shape index (κ3) is 5.81. The average Bonchev–Trinajstić information content (AvgIpc) is 2.68. The Morgan fingerprint density at radius 1 is 0.600 bits per heavy atom. The number of hydrogen-bond donors (Lipinski definition) is 2. The van der Waals surface area contributed by atoms with Crippen LogP contribution in [0.3, 0.4) is 0 Å². The summed E-state index contributed by atoms with van der Waals surface area (Å²) in [4.78, 5) is 8.01. The standard InChI is InChI=1S/C22H34N2Si/c1-3-5-13-19-23-25(24-20-14-6-4-2,21-15-9-7-10-16-21)22-17-11-8-12-18-22/h7-12,15-18,23-24H,3-6,13-14,19-20H2,1-2H3. The minimum atomic E-state index is -2.15. The van der Waals surface area contributed by atoms with Crippen molar-refractivity contribution in [2.45, 2.75) is 52.4 Å². The first-order valence-electron chi connectivity index (χ1n) is 9.94. The molecule has 0 spiro atoms. The average molecular weight is 355 g/mol. The molecule has 0 bridgehead atoms. The highest BCUT2D eigenvalue weighted by atomic mass is 28.3. The fourth-order valence-electron chi connectivity index (χ4n) is 3.32. The van der Waals surface area contributed by atoms with E-state index in [-0.39, 0.29) is 0 Å². The lowest BCUT2D eigenvalue weighted by Crippen LogP contribution is -2.78. The second-order valence-corrected chi connectivity index (χ2v) is 10.1. The second kappa shape index (κ2) is 11.2. The molecule has 25 heavy (non-hydrogen) atoms. The van der Waals surface area contributed by atoms with E-state index in [1.54, 1.807) is 0 Å². The van der Waals surface area contributed by atoms with E-state index in [2.05, 4.69) is 84.5 Å². The smallest absolute Gasteiger partial charge is 0.267 e. The molecule has 0 radical (unpaired) electrons. The van der Waals surface area contributed by atoms with Crippen LogP contribution in [0.15, 0.2) is 60.7 Å². The van der Waals surface area contributed by atoms with E-state index >= 15 is 0 Å².